The molecule has 0 unspecified atom stereocenters. The number of carbonyl (C=O) groups is 2. The molecule has 0 aromatic rings. The Hall–Kier alpha value is -1.30. The normalized spacial score (nSPS) is 10.6. The van der Waals surface area contributed by atoms with Gasteiger partial charge in [-0.25, -0.2) is 10.6 Å². The maximum Gasteiger partial charge on any atom is 0.404 e. The largest absolute Gasteiger partial charge is 0.465 e. The van der Waals surface area contributed by atoms with Crippen molar-refractivity contribution in [2.45, 2.75) is 13.8 Å². The maximum atomic E-state index is 11.0. The summed E-state index contributed by atoms with van der Waals surface area (Å²) in [7, 11) is 0. The van der Waals surface area contributed by atoms with Crippen molar-refractivity contribution in [3.8, 4) is 0 Å². The molecule has 0 bridgehead atoms. The summed E-state index contributed by atoms with van der Waals surface area (Å²) in [5, 5.41) is 10.4. The van der Waals surface area contributed by atoms with Crippen molar-refractivity contribution in [1.29, 1.82) is 0 Å². The first-order chi connectivity index (χ1) is 5.40. The van der Waals surface area contributed by atoms with Gasteiger partial charge < -0.3 is 10.4 Å². The van der Waals surface area contributed by atoms with E-state index >= 15 is 0 Å². The molecule has 0 fully saturated rings. The standard InChI is InChI=1S/C6H13N3O3/c1-6(2,4(10)9-7)3-8-5(11)12/h8H,3,7H2,1-2H3,(H,9,10)(H,11,12). The second-order valence-electron chi connectivity index (χ2n) is 3.02. The molecule has 0 heterocycles. The molecule has 0 aromatic carbocycles. The molecule has 0 spiro atoms. The van der Waals surface area contributed by atoms with E-state index in [1.807, 2.05) is 5.43 Å². The minimum atomic E-state index is -1.16. The third kappa shape index (κ3) is 3.20. The quantitative estimate of drug-likeness (QED) is 0.258. The number of rotatable bonds is 3. The van der Waals surface area contributed by atoms with Crippen LogP contribution in [0.25, 0.3) is 0 Å². The highest BCUT2D eigenvalue weighted by atomic mass is 16.4. The molecule has 0 radical (unpaired) electrons. The number of hydrazine groups is 1. The van der Waals surface area contributed by atoms with Gasteiger partial charge in [-0.3, -0.25) is 10.2 Å². The van der Waals surface area contributed by atoms with Crippen molar-refractivity contribution in [2.24, 2.45) is 11.3 Å². The smallest absolute Gasteiger partial charge is 0.404 e. The van der Waals surface area contributed by atoms with E-state index in [1.54, 1.807) is 13.8 Å². The number of carboxylic acid groups (broad SMARTS) is 1. The summed E-state index contributed by atoms with van der Waals surface area (Å²) in [6, 6.07) is 0. The minimum Gasteiger partial charge on any atom is -0.465 e. The fourth-order valence-electron chi connectivity index (χ4n) is 0.572. The van der Waals surface area contributed by atoms with Crippen LogP contribution in [0.3, 0.4) is 0 Å². The Morgan fingerprint density at radius 3 is 2.33 bits per heavy atom. The van der Waals surface area contributed by atoms with E-state index in [-0.39, 0.29) is 6.54 Å². The Balaban J connectivity index is 4.03. The van der Waals surface area contributed by atoms with E-state index in [4.69, 9.17) is 10.9 Å². The lowest BCUT2D eigenvalue weighted by Crippen LogP contribution is -2.46. The molecule has 0 aromatic heterocycles. The van der Waals surface area contributed by atoms with Gasteiger partial charge >= 0.3 is 6.09 Å². The third-order valence-electron chi connectivity index (χ3n) is 1.43. The zero-order valence-electron chi connectivity index (χ0n) is 7.05. The zero-order valence-corrected chi connectivity index (χ0v) is 7.05. The van der Waals surface area contributed by atoms with Crippen LogP contribution in [0.4, 0.5) is 4.79 Å². The monoisotopic (exact) mass is 175 g/mol. The van der Waals surface area contributed by atoms with Crippen molar-refractivity contribution in [3.63, 3.8) is 0 Å². The van der Waals surface area contributed by atoms with Crippen LogP contribution in [0.2, 0.25) is 0 Å². The van der Waals surface area contributed by atoms with Gasteiger partial charge in [-0.15, -0.1) is 0 Å². The number of nitrogens with one attached hydrogen (secondary N) is 2. The second-order valence-corrected chi connectivity index (χ2v) is 3.02. The highest BCUT2D eigenvalue weighted by Crippen LogP contribution is 2.12. The molecule has 5 N–H and O–H groups in total. The topological polar surface area (TPSA) is 104 Å². The van der Waals surface area contributed by atoms with E-state index in [1.165, 1.54) is 0 Å². The molecule has 0 aliphatic carbocycles. The van der Waals surface area contributed by atoms with Crippen molar-refractivity contribution in [1.82, 2.24) is 10.7 Å². The van der Waals surface area contributed by atoms with Crippen molar-refractivity contribution in [2.75, 3.05) is 6.54 Å². The second kappa shape index (κ2) is 3.91. The first-order valence-corrected chi connectivity index (χ1v) is 3.38. The fourth-order valence-corrected chi connectivity index (χ4v) is 0.572. The van der Waals surface area contributed by atoms with Crippen molar-refractivity contribution >= 4 is 12.0 Å². The molecule has 0 rings (SSSR count). The van der Waals surface area contributed by atoms with Crippen LogP contribution in [-0.4, -0.2) is 23.7 Å². The summed E-state index contributed by atoms with van der Waals surface area (Å²) in [6.45, 7) is 3.21. The molecule has 6 nitrogen and oxygen atoms in total. The molecular formula is C6H13N3O3. The zero-order chi connectivity index (χ0) is 9.78. The van der Waals surface area contributed by atoms with E-state index in [0.717, 1.165) is 0 Å². The summed E-state index contributed by atoms with van der Waals surface area (Å²) in [5.41, 5.74) is 1.13. The molecular weight excluding hydrogens is 162 g/mol. The van der Waals surface area contributed by atoms with Gasteiger partial charge in [0.15, 0.2) is 0 Å². The Morgan fingerprint density at radius 2 is 2.00 bits per heavy atom. The minimum absolute atomic E-state index is 0.0331. The lowest BCUT2D eigenvalue weighted by Gasteiger charge is -2.21. The summed E-state index contributed by atoms with van der Waals surface area (Å²) in [6.07, 6.45) is -1.16. The Morgan fingerprint density at radius 1 is 1.50 bits per heavy atom. The van der Waals surface area contributed by atoms with Crippen molar-refractivity contribution < 1.29 is 14.7 Å². The van der Waals surface area contributed by atoms with Crippen LogP contribution >= 0.6 is 0 Å². The number of hydrogen-bond donors (Lipinski definition) is 4. The first-order valence-electron chi connectivity index (χ1n) is 3.38. The third-order valence-corrected chi connectivity index (χ3v) is 1.43. The van der Waals surface area contributed by atoms with Crippen LogP contribution in [0.15, 0.2) is 0 Å². The van der Waals surface area contributed by atoms with Crippen LogP contribution < -0.4 is 16.6 Å². The summed E-state index contributed by atoms with van der Waals surface area (Å²) in [5.74, 6) is 4.48. The molecule has 70 valence electrons. The van der Waals surface area contributed by atoms with Gasteiger partial charge in [0.25, 0.3) is 0 Å². The van der Waals surface area contributed by atoms with E-state index < -0.39 is 17.4 Å². The Kier molecular flexibility index (Phi) is 3.49. The predicted molar refractivity (Wildman–Crippen MR) is 42.1 cm³/mol. The lowest BCUT2D eigenvalue weighted by molar-refractivity contribution is -0.129. The molecule has 0 atom stereocenters. The summed E-state index contributed by atoms with van der Waals surface area (Å²) < 4.78 is 0. The number of nitrogens with two attached hydrogens (primary N) is 1. The Labute approximate surface area is 70.1 Å². The van der Waals surface area contributed by atoms with E-state index in [9.17, 15) is 9.59 Å². The molecule has 6 heteroatoms. The van der Waals surface area contributed by atoms with Crippen LogP contribution in [0.1, 0.15) is 13.8 Å². The molecule has 2 amide bonds. The predicted octanol–water partition coefficient (Wildman–Crippen LogP) is -0.730. The average Bonchev–Trinajstić information content (AvgIpc) is 1.99. The lowest BCUT2D eigenvalue weighted by atomic mass is 9.93. The average molecular weight is 175 g/mol. The summed E-state index contributed by atoms with van der Waals surface area (Å²) >= 11 is 0. The van der Waals surface area contributed by atoms with Crippen LogP contribution in [-0.2, 0) is 4.79 Å². The molecule has 0 aliphatic heterocycles. The molecule has 12 heavy (non-hydrogen) atoms. The molecule has 0 saturated carbocycles. The van der Waals surface area contributed by atoms with Crippen LogP contribution in [0, 0.1) is 5.41 Å². The SMILES string of the molecule is CC(C)(CNC(=O)O)C(=O)NN. The molecule has 0 aliphatic rings. The van der Waals surface area contributed by atoms with Gasteiger partial charge in [-0.1, -0.05) is 0 Å². The Bertz CT molecular complexity index is 190. The van der Waals surface area contributed by atoms with Gasteiger partial charge in [0.2, 0.25) is 5.91 Å². The molecule has 0 saturated heterocycles. The van der Waals surface area contributed by atoms with E-state index in [0.29, 0.717) is 0 Å². The number of carbonyl (C=O) groups excluding carboxylic acids is 1. The van der Waals surface area contributed by atoms with Gasteiger partial charge in [0.1, 0.15) is 0 Å². The van der Waals surface area contributed by atoms with Crippen molar-refractivity contribution in [3.05, 3.63) is 0 Å². The fraction of sp³-hybridized carbons (Fsp3) is 0.667. The van der Waals surface area contributed by atoms with E-state index in [2.05, 4.69) is 5.32 Å². The number of amides is 2. The highest BCUT2D eigenvalue weighted by molar-refractivity contribution is 5.82. The van der Waals surface area contributed by atoms with Gasteiger partial charge in [0, 0.05) is 6.54 Å². The van der Waals surface area contributed by atoms with Gasteiger partial charge in [-0.2, -0.15) is 0 Å². The maximum absolute atomic E-state index is 11.0. The van der Waals surface area contributed by atoms with Gasteiger partial charge in [-0.05, 0) is 13.8 Å². The number of hydrogen-bond acceptors (Lipinski definition) is 3. The van der Waals surface area contributed by atoms with Gasteiger partial charge in [0.05, 0.1) is 5.41 Å². The first kappa shape index (κ1) is 10.7. The summed E-state index contributed by atoms with van der Waals surface area (Å²) in [4.78, 5) is 21.1. The highest BCUT2D eigenvalue weighted by Gasteiger charge is 2.27. The van der Waals surface area contributed by atoms with Crippen LogP contribution in [0.5, 0.6) is 0 Å².